The van der Waals surface area contributed by atoms with Crippen molar-refractivity contribution in [3.63, 3.8) is 0 Å². The normalized spacial score (nSPS) is 21.9. The fourth-order valence-corrected chi connectivity index (χ4v) is 3.19. The first-order chi connectivity index (χ1) is 9.78. The Morgan fingerprint density at radius 1 is 1.30 bits per heavy atom. The summed E-state index contributed by atoms with van der Waals surface area (Å²) >= 11 is 0. The average molecular weight is 280 g/mol. The molecule has 1 aliphatic heterocycles. The summed E-state index contributed by atoms with van der Waals surface area (Å²) in [5.74, 6) is 1.77. The van der Waals surface area contributed by atoms with Crippen molar-refractivity contribution in [1.82, 2.24) is 0 Å². The maximum atomic E-state index is 5.45. The van der Waals surface area contributed by atoms with Crippen molar-refractivity contribution in [2.75, 3.05) is 33.9 Å². The van der Waals surface area contributed by atoms with E-state index in [1.165, 1.54) is 38.0 Å². The molecular formula is C16H28N2O2+2. The third-order valence-electron chi connectivity index (χ3n) is 4.39. The Bertz CT molecular complexity index is 423. The van der Waals surface area contributed by atoms with E-state index >= 15 is 0 Å². The molecule has 3 N–H and O–H groups in total. The van der Waals surface area contributed by atoms with Crippen LogP contribution in [0.2, 0.25) is 0 Å². The lowest BCUT2D eigenvalue weighted by Crippen LogP contribution is -3.16. The molecule has 112 valence electrons. The van der Waals surface area contributed by atoms with Gasteiger partial charge in [0.1, 0.15) is 30.6 Å². The van der Waals surface area contributed by atoms with E-state index in [0.717, 1.165) is 24.1 Å². The second-order valence-electron chi connectivity index (χ2n) is 5.51. The summed E-state index contributed by atoms with van der Waals surface area (Å²) in [7, 11) is 3.40. The van der Waals surface area contributed by atoms with Gasteiger partial charge in [-0.15, -0.1) is 0 Å². The molecule has 0 amide bonds. The molecule has 0 saturated carbocycles. The molecule has 1 saturated heterocycles. The summed E-state index contributed by atoms with van der Waals surface area (Å²) in [5.41, 5.74) is 1.24. The van der Waals surface area contributed by atoms with E-state index in [1.807, 2.05) is 12.1 Å². The zero-order valence-corrected chi connectivity index (χ0v) is 12.9. The molecule has 1 heterocycles. The minimum atomic E-state index is 0.823. The summed E-state index contributed by atoms with van der Waals surface area (Å²) < 4.78 is 10.7. The molecule has 0 spiro atoms. The Labute approximate surface area is 122 Å². The van der Waals surface area contributed by atoms with Crippen molar-refractivity contribution in [2.45, 2.75) is 32.4 Å². The van der Waals surface area contributed by atoms with Crippen molar-refractivity contribution in [3.05, 3.63) is 23.8 Å². The number of quaternary nitrogens is 2. The molecule has 4 heteroatoms. The first kappa shape index (κ1) is 15.1. The van der Waals surface area contributed by atoms with Crippen LogP contribution in [0.1, 0.15) is 25.3 Å². The molecule has 20 heavy (non-hydrogen) atoms. The lowest BCUT2D eigenvalue weighted by atomic mass is 10.1. The van der Waals surface area contributed by atoms with Crippen LogP contribution in [0.25, 0.3) is 0 Å². The standard InChI is InChI=1S/C16H26N2O2/c1-4-18-9-5-6-14(18)12-17-11-13-7-8-15(19-2)10-16(13)20-3/h7-8,10,14,17H,4-6,9,11-12H2,1-3H3/p+2/t14-/m0/s1. The zero-order chi connectivity index (χ0) is 14.4. The van der Waals surface area contributed by atoms with Crippen molar-refractivity contribution in [2.24, 2.45) is 0 Å². The number of rotatable bonds is 7. The van der Waals surface area contributed by atoms with Gasteiger partial charge in [-0.2, -0.15) is 0 Å². The first-order valence-corrected chi connectivity index (χ1v) is 7.65. The highest BCUT2D eigenvalue weighted by atomic mass is 16.5. The third kappa shape index (κ3) is 3.64. The summed E-state index contributed by atoms with van der Waals surface area (Å²) in [5, 5.41) is 2.41. The van der Waals surface area contributed by atoms with Gasteiger partial charge in [0, 0.05) is 24.5 Å². The number of likely N-dealkylation sites (N-methyl/N-ethyl adjacent to an activating group) is 1. The van der Waals surface area contributed by atoms with E-state index in [1.54, 1.807) is 19.1 Å². The monoisotopic (exact) mass is 280 g/mol. The van der Waals surface area contributed by atoms with E-state index in [0.29, 0.717) is 0 Å². The maximum Gasteiger partial charge on any atom is 0.137 e. The second kappa shape index (κ2) is 7.50. The molecule has 1 aromatic carbocycles. The molecule has 0 aliphatic carbocycles. The number of benzene rings is 1. The summed E-state index contributed by atoms with van der Waals surface area (Å²) in [6, 6.07) is 6.89. The van der Waals surface area contributed by atoms with Crippen LogP contribution in [-0.4, -0.2) is 39.9 Å². The Hall–Kier alpha value is -1.26. The van der Waals surface area contributed by atoms with E-state index in [4.69, 9.17) is 9.47 Å². The van der Waals surface area contributed by atoms with Gasteiger partial charge in [-0.05, 0) is 19.1 Å². The molecule has 0 radical (unpaired) electrons. The number of hydrogen-bond donors (Lipinski definition) is 2. The quantitative estimate of drug-likeness (QED) is 0.728. The fourth-order valence-electron chi connectivity index (χ4n) is 3.19. The molecular weight excluding hydrogens is 252 g/mol. The van der Waals surface area contributed by atoms with Crippen LogP contribution in [0.15, 0.2) is 18.2 Å². The third-order valence-corrected chi connectivity index (χ3v) is 4.39. The van der Waals surface area contributed by atoms with Crippen LogP contribution in [-0.2, 0) is 6.54 Å². The van der Waals surface area contributed by atoms with E-state index in [2.05, 4.69) is 18.3 Å². The smallest absolute Gasteiger partial charge is 0.137 e. The van der Waals surface area contributed by atoms with Gasteiger partial charge in [-0.3, -0.25) is 0 Å². The van der Waals surface area contributed by atoms with Crippen molar-refractivity contribution in [1.29, 1.82) is 0 Å². The van der Waals surface area contributed by atoms with Gasteiger partial charge in [0.2, 0.25) is 0 Å². The zero-order valence-electron chi connectivity index (χ0n) is 12.9. The highest BCUT2D eigenvalue weighted by Gasteiger charge is 2.28. The second-order valence-corrected chi connectivity index (χ2v) is 5.51. The van der Waals surface area contributed by atoms with Crippen LogP contribution >= 0.6 is 0 Å². The number of nitrogens with two attached hydrogens (primary N) is 1. The molecule has 4 nitrogen and oxygen atoms in total. The number of hydrogen-bond acceptors (Lipinski definition) is 2. The van der Waals surface area contributed by atoms with Crippen LogP contribution in [0.3, 0.4) is 0 Å². The highest BCUT2D eigenvalue weighted by Crippen LogP contribution is 2.23. The van der Waals surface area contributed by atoms with Crippen molar-refractivity contribution in [3.8, 4) is 11.5 Å². The molecule has 2 rings (SSSR count). The molecule has 1 aromatic rings. The number of ether oxygens (including phenoxy) is 2. The molecule has 2 atom stereocenters. The predicted molar refractivity (Wildman–Crippen MR) is 79.4 cm³/mol. The Morgan fingerprint density at radius 2 is 2.15 bits per heavy atom. The minimum absolute atomic E-state index is 0.823. The van der Waals surface area contributed by atoms with Gasteiger partial charge >= 0.3 is 0 Å². The van der Waals surface area contributed by atoms with Gasteiger partial charge in [0.15, 0.2) is 0 Å². The van der Waals surface area contributed by atoms with E-state index in [-0.39, 0.29) is 0 Å². The van der Waals surface area contributed by atoms with Gasteiger partial charge < -0.3 is 19.7 Å². The van der Waals surface area contributed by atoms with Crippen LogP contribution in [0, 0.1) is 0 Å². The van der Waals surface area contributed by atoms with Gasteiger partial charge in [-0.1, -0.05) is 0 Å². The molecule has 1 aliphatic rings. The number of methoxy groups -OCH3 is 2. The van der Waals surface area contributed by atoms with Crippen molar-refractivity contribution < 1.29 is 19.7 Å². The highest BCUT2D eigenvalue weighted by molar-refractivity contribution is 5.40. The number of nitrogens with one attached hydrogen (secondary N) is 1. The summed E-state index contributed by atoms with van der Waals surface area (Å²) in [4.78, 5) is 1.77. The topological polar surface area (TPSA) is 39.5 Å². The average Bonchev–Trinajstić information content (AvgIpc) is 2.95. The van der Waals surface area contributed by atoms with Crippen LogP contribution in [0.4, 0.5) is 0 Å². The van der Waals surface area contributed by atoms with E-state index < -0.39 is 0 Å². The van der Waals surface area contributed by atoms with Gasteiger partial charge in [0.05, 0.1) is 27.3 Å². The SMILES string of the molecule is CC[NH+]1CCC[C@H]1C[NH2+]Cc1ccc(OC)cc1OC. The van der Waals surface area contributed by atoms with Gasteiger partial charge in [0.25, 0.3) is 0 Å². The predicted octanol–water partition coefficient (Wildman–Crippen LogP) is -0.166. The van der Waals surface area contributed by atoms with Gasteiger partial charge in [-0.25, -0.2) is 0 Å². The molecule has 0 bridgehead atoms. The largest absolute Gasteiger partial charge is 0.497 e. The Morgan fingerprint density at radius 3 is 2.85 bits per heavy atom. The molecule has 1 unspecified atom stereocenters. The fraction of sp³-hybridized carbons (Fsp3) is 0.625. The number of likely N-dealkylation sites (tertiary alicyclic amines) is 1. The lowest BCUT2D eigenvalue weighted by molar-refractivity contribution is -0.925. The van der Waals surface area contributed by atoms with Crippen LogP contribution < -0.4 is 19.7 Å². The van der Waals surface area contributed by atoms with E-state index in [9.17, 15) is 0 Å². The minimum Gasteiger partial charge on any atom is -0.497 e. The van der Waals surface area contributed by atoms with Crippen molar-refractivity contribution >= 4 is 0 Å². The molecule has 1 fully saturated rings. The lowest BCUT2D eigenvalue weighted by Gasteiger charge is -2.18. The maximum absolute atomic E-state index is 5.45. The summed E-state index contributed by atoms with van der Waals surface area (Å²) in [6.07, 6.45) is 2.76. The summed E-state index contributed by atoms with van der Waals surface area (Å²) in [6.45, 7) is 7.07. The van der Waals surface area contributed by atoms with Crippen LogP contribution in [0.5, 0.6) is 11.5 Å². The first-order valence-electron chi connectivity index (χ1n) is 7.65. The molecule has 0 aromatic heterocycles. The Kier molecular flexibility index (Phi) is 5.68. The Balaban J connectivity index is 1.87.